The molecule has 2 heteroatoms. The third kappa shape index (κ3) is 6.00. The zero-order chi connectivity index (χ0) is 14.1. The molecule has 0 N–H and O–H groups in total. The molecule has 19 heavy (non-hydrogen) atoms. The molecule has 1 rings (SSSR count). The van der Waals surface area contributed by atoms with Gasteiger partial charge in [-0.25, -0.2) is 0 Å². The van der Waals surface area contributed by atoms with Gasteiger partial charge in [0.25, 0.3) is 0 Å². The van der Waals surface area contributed by atoms with E-state index in [1.165, 1.54) is 19.3 Å². The van der Waals surface area contributed by atoms with Crippen molar-refractivity contribution < 1.29 is 9.47 Å². The van der Waals surface area contributed by atoms with Crippen molar-refractivity contribution in [3.8, 4) is 11.5 Å². The smallest absolute Gasteiger partial charge is 0.123 e. The van der Waals surface area contributed by atoms with Crippen molar-refractivity contribution in [2.45, 2.75) is 59.5 Å². The molecule has 0 aliphatic carbocycles. The quantitative estimate of drug-likeness (QED) is 0.620. The number of benzene rings is 1. The lowest BCUT2D eigenvalue weighted by Crippen LogP contribution is -2.12. The van der Waals surface area contributed by atoms with Crippen LogP contribution >= 0.6 is 0 Å². The molecule has 0 heterocycles. The van der Waals surface area contributed by atoms with Crippen LogP contribution in [0.1, 0.15) is 53.4 Å². The second kappa shape index (κ2) is 8.84. The fraction of sp³-hybridized carbons (Fsp3) is 0.647. The van der Waals surface area contributed by atoms with Gasteiger partial charge in [0.15, 0.2) is 0 Å². The largest absolute Gasteiger partial charge is 0.493 e. The average molecular weight is 264 g/mol. The molecule has 0 saturated carbocycles. The van der Waals surface area contributed by atoms with E-state index >= 15 is 0 Å². The standard InChI is InChI=1S/C17H28O2/c1-5-9-15(7-3)13-18-16-10-8-11-17(12-16)19-14(4)6-2/h8,10-12,14-15H,5-7,9,13H2,1-4H3/t14-,15?/m1/s1. The number of rotatable bonds is 9. The maximum Gasteiger partial charge on any atom is 0.123 e. The summed E-state index contributed by atoms with van der Waals surface area (Å²) in [7, 11) is 0. The zero-order valence-corrected chi connectivity index (χ0v) is 12.8. The van der Waals surface area contributed by atoms with Gasteiger partial charge in [-0.3, -0.25) is 0 Å². The van der Waals surface area contributed by atoms with E-state index in [-0.39, 0.29) is 6.10 Å². The highest BCUT2D eigenvalue weighted by atomic mass is 16.5. The van der Waals surface area contributed by atoms with E-state index in [9.17, 15) is 0 Å². The Morgan fingerprint density at radius 2 is 1.79 bits per heavy atom. The highest BCUT2D eigenvalue weighted by Gasteiger charge is 2.07. The molecule has 0 saturated heterocycles. The maximum absolute atomic E-state index is 5.89. The Morgan fingerprint density at radius 1 is 1.05 bits per heavy atom. The van der Waals surface area contributed by atoms with Crippen molar-refractivity contribution in [1.29, 1.82) is 0 Å². The van der Waals surface area contributed by atoms with Gasteiger partial charge in [-0.05, 0) is 37.8 Å². The molecular weight excluding hydrogens is 236 g/mol. The Morgan fingerprint density at radius 3 is 2.42 bits per heavy atom. The predicted molar refractivity (Wildman–Crippen MR) is 81.0 cm³/mol. The van der Waals surface area contributed by atoms with Crippen LogP contribution in [0.5, 0.6) is 11.5 Å². The minimum Gasteiger partial charge on any atom is -0.493 e. The summed E-state index contributed by atoms with van der Waals surface area (Å²) in [5.41, 5.74) is 0. The molecule has 0 bridgehead atoms. The van der Waals surface area contributed by atoms with E-state index in [1.807, 2.05) is 24.3 Å². The van der Waals surface area contributed by atoms with Crippen molar-refractivity contribution in [2.24, 2.45) is 5.92 Å². The van der Waals surface area contributed by atoms with Crippen molar-refractivity contribution in [3.63, 3.8) is 0 Å². The van der Waals surface area contributed by atoms with E-state index in [2.05, 4.69) is 27.7 Å². The maximum atomic E-state index is 5.89. The predicted octanol–water partition coefficient (Wildman–Crippen LogP) is 5.07. The molecule has 0 aliphatic rings. The molecule has 2 nitrogen and oxygen atoms in total. The summed E-state index contributed by atoms with van der Waals surface area (Å²) < 4.78 is 11.7. The van der Waals surface area contributed by atoms with Gasteiger partial charge < -0.3 is 9.47 Å². The lowest BCUT2D eigenvalue weighted by molar-refractivity contribution is 0.212. The van der Waals surface area contributed by atoms with Crippen LogP contribution in [0.4, 0.5) is 0 Å². The van der Waals surface area contributed by atoms with Crippen LogP contribution < -0.4 is 9.47 Å². The molecule has 1 aromatic rings. The second-order valence-electron chi connectivity index (χ2n) is 5.19. The average Bonchev–Trinajstić information content (AvgIpc) is 2.43. The highest BCUT2D eigenvalue weighted by Crippen LogP contribution is 2.22. The summed E-state index contributed by atoms with van der Waals surface area (Å²) >= 11 is 0. The van der Waals surface area contributed by atoms with Gasteiger partial charge in [-0.2, -0.15) is 0 Å². The van der Waals surface area contributed by atoms with E-state index in [4.69, 9.17) is 9.47 Å². The van der Waals surface area contributed by atoms with Crippen molar-refractivity contribution in [1.82, 2.24) is 0 Å². The molecule has 1 unspecified atom stereocenters. The highest BCUT2D eigenvalue weighted by molar-refractivity contribution is 5.33. The summed E-state index contributed by atoms with van der Waals surface area (Å²) in [6.45, 7) is 9.47. The van der Waals surface area contributed by atoms with E-state index < -0.39 is 0 Å². The minimum atomic E-state index is 0.249. The molecule has 0 fully saturated rings. The van der Waals surface area contributed by atoms with Gasteiger partial charge in [0.1, 0.15) is 11.5 Å². The molecule has 1 aromatic carbocycles. The van der Waals surface area contributed by atoms with Crippen molar-refractivity contribution in [2.75, 3.05) is 6.61 Å². The van der Waals surface area contributed by atoms with Gasteiger partial charge >= 0.3 is 0 Å². The van der Waals surface area contributed by atoms with Crippen LogP contribution in [0.2, 0.25) is 0 Å². The van der Waals surface area contributed by atoms with Gasteiger partial charge in [-0.15, -0.1) is 0 Å². The molecule has 0 aliphatic heterocycles. The molecule has 0 radical (unpaired) electrons. The van der Waals surface area contributed by atoms with Gasteiger partial charge in [0, 0.05) is 6.07 Å². The number of ether oxygens (including phenoxy) is 2. The Hall–Kier alpha value is -1.18. The van der Waals surface area contributed by atoms with Crippen LogP contribution in [0.3, 0.4) is 0 Å². The van der Waals surface area contributed by atoms with Crippen molar-refractivity contribution in [3.05, 3.63) is 24.3 Å². The Balaban J connectivity index is 2.51. The van der Waals surface area contributed by atoms with Gasteiger partial charge in [-0.1, -0.05) is 39.7 Å². The van der Waals surface area contributed by atoms with Crippen LogP contribution in [-0.2, 0) is 0 Å². The summed E-state index contributed by atoms with van der Waals surface area (Å²) in [6, 6.07) is 7.98. The van der Waals surface area contributed by atoms with E-state index in [0.29, 0.717) is 5.92 Å². The molecular formula is C17H28O2. The fourth-order valence-corrected chi connectivity index (χ4v) is 1.98. The Kier molecular flexibility index (Phi) is 7.39. The molecule has 108 valence electrons. The second-order valence-corrected chi connectivity index (χ2v) is 5.19. The summed E-state index contributed by atoms with van der Waals surface area (Å²) in [6.07, 6.45) is 4.90. The Labute approximate surface area is 118 Å². The minimum absolute atomic E-state index is 0.249. The SMILES string of the molecule is CCCC(CC)COc1cccc(O[C@H](C)CC)c1. The fourth-order valence-electron chi connectivity index (χ4n) is 1.98. The van der Waals surface area contributed by atoms with Gasteiger partial charge in [0.2, 0.25) is 0 Å². The third-order valence-corrected chi connectivity index (χ3v) is 3.48. The normalized spacial score (nSPS) is 13.9. The summed E-state index contributed by atoms with van der Waals surface area (Å²) in [5.74, 6) is 2.47. The molecule has 2 atom stereocenters. The molecule has 0 aromatic heterocycles. The molecule has 0 amide bonds. The van der Waals surface area contributed by atoms with Crippen molar-refractivity contribution >= 4 is 0 Å². The lowest BCUT2D eigenvalue weighted by Gasteiger charge is -2.16. The first kappa shape index (κ1) is 15.9. The van der Waals surface area contributed by atoms with Gasteiger partial charge in [0.05, 0.1) is 12.7 Å². The van der Waals surface area contributed by atoms with Crippen LogP contribution in [-0.4, -0.2) is 12.7 Å². The topological polar surface area (TPSA) is 18.5 Å². The van der Waals surface area contributed by atoms with Crippen LogP contribution in [0.25, 0.3) is 0 Å². The van der Waals surface area contributed by atoms with Crippen LogP contribution in [0, 0.1) is 5.92 Å². The first-order valence-electron chi connectivity index (χ1n) is 7.59. The lowest BCUT2D eigenvalue weighted by atomic mass is 10.0. The monoisotopic (exact) mass is 264 g/mol. The molecule has 0 spiro atoms. The Bertz CT molecular complexity index is 349. The first-order chi connectivity index (χ1) is 9.19. The summed E-state index contributed by atoms with van der Waals surface area (Å²) in [5, 5.41) is 0. The number of hydrogen-bond donors (Lipinski definition) is 0. The third-order valence-electron chi connectivity index (χ3n) is 3.48. The van der Waals surface area contributed by atoms with E-state index in [1.54, 1.807) is 0 Å². The number of hydrogen-bond acceptors (Lipinski definition) is 2. The first-order valence-corrected chi connectivity index (χ1v) is 7.59. The zero-order valence-electron chi connectivity index (χ0n) is 12.8. The van der Waals surface area contributed by atoms with E-state index in [0.717, 1.165) is 24.5 Å². The van der Waals surface area contributed by atoms with Crippen LogP contribution in [0.15, 0.2) is 24.3 Å². The summed E-state index contributed by atoms with van der Waals surface area (Å²) in [4.78, 5) is 0.